The predicted molar refractivity (Wildman–Crippen MR) is 103 cm³/mol. The molecule has 3 aromatic rings. The third-order valence-corrected chi connectivity index (χ3v) is 5.45. The van der Waals surface area contributed by atoms with Crippen molar-refractivity contribution in [2.24, 2.45) is 0 Å². The second-order valence-corrected chi connectivity index (χ2v) is 7.45. The van der Waals surface area contributed by atoms with Gasteiger partial charge in [0.05, 0.1) is 5.56 Å². The van der Waals surface area contributed by atoms with Gasteiger partial charge in [-0.05, 0) is 30.2 Å². The van der Waals surface area contributed by atoms with E-state index in [4.69, 9.17) is 16.1 Å². The molecule has 0 bridgehead atoms. The van der Waals surface area contributed by atoms with Crippen LogP contribution in [-0.4, -0.2) is 34.2 Å². The summed E-state index contributed by atoms with van der Waals surface area (Å²) >= 11 is 5.90. The lowest BCUT2D eigenvalue weighted by molar-refractivity contribution is 0.0780. The van der Waals surface area contributed by atoms with E-state index in [0.717, 1.165) is 5.56 Å². The summed E-state index contributed by atoms with van der Waals surface area (Å²) in [7, 11) is 0. The average molecular weight is 448 g/mol. The third-order valence-electron chi connectivity index (χ3n) is 5.20. The van der Waals surface area contributed by atoms with Gasteiger partial charge in [-0.1, -0.05) is 28.9 Å². The lowest BCUT2D eigenvalue weighted by Gasteiger charge is -2.15. The van der Waals surface area contributed by atoms with E-state index >= 15 is 0 Å². The van der Waals surface area contributed by atoms with Crippen molar-refractivity contribution in [2.45, 2.75) is 12.3 Å². The van der Waals surface area contributed by atoms with Crippen molar-refractivity contribution in [1.82, 2.24) is 10.1 Å². The van der Waals surface area contributed by atoms with Crippen LogP contribution in [-0.2, 0) is 0 Å². The van der Waals surface area contributed by atoms with Gasteiger partial charge in [0.15, 0.2) is 28.8 Å². The molecule has 6 nitrogen and oxygen atoms in total. The first kappa shape index (κ1) is 20.8. The molecule has 1 atom stereocenters. The van der Waals surface area contributed by atoms with Crippen molar-refractivity contribution >= 4 is 17.5 Å². The van der Waals surface area contributed by atoms with Crippen LogP contribution in [0.15, 0.2) is 34.9 Å². The van der Waals surface area contributed by atoms with Crippen LogP contribution in [0.1, 0.15) is 34.0 Å². The van der Waals surface area contributed by atoms with Crippen LogP contribution in [0.2, 0.25) is 5.02 Å². The zero-order valence-corrected chi connectivity index (χ0v) is 16.5. The van der Waals surface area contributed by atoms with Gasteiger partial charge in [-0.2, -0.15) is 9.65 Å². The summed E-state index contributed by atoms with van der Waals surface area (Å²) in [4.78, 5) is 14.4. The van der Waals surface area contributed by atoms with E-state index in [0.29, 0.717) is 30.6 Å². The molecular formula is C21H13ClF3N3O3. The van der Waals surface area contributed by atoms with Gasteiger partial charge in [-0.15, -0.1) is 0 Å². The molecule has 2 aromatic carbocycles. The molecule has 1 amide bonds. The second-order valence-electron chi connectivity index (χ2n) is 7.02. The van der Waals surface area contributed by atoms with E-state index in [1.165, 1.54) is 4.90 Å². The number of likely N-dealkylation sites (tertiary alicyclic amines) is 1. The fraction of sp³-hybridized carbons (Fsp3) is 0.190. The Labute approximate surface area is 179 Å². The molecule has 2 heterocycles. The van der Waals surface area contributed by atoms with Gasteiger partial charge < -0.3 is 14.5 Å². The molecule has 1 aliphatic heterocycles. The maximum Gasteiger partial charge on any atom is 0.277 e. The topological polar surface area (TPSA) is 90.4 Å². The standard InChI is InChI=1S/C21H13ClF3N3O3/c22-12-3-1-10(2-4-12)11-5-6-28(9-11)21(30)18-14(8-26)20(31-27-18)13-7-15(23)17(25)19(29)16(13)24/h1-4,7,11,29H,5-6,9H2/t11-/m1/s1. The van der Waals surface area contributed by atoms with E-state index in [9.17, 15) is 28.3 Å². The highest BCUT2D eigenvalue weighted by Crippen LogP contribution is 2.36. The molecule has 0 unspecified atom stereocenters. The Morgan fingerprint density at radius 3 is 2.65 bits per heavy atom. The minimum atomic E-state index is -1.78. The molecule has 0 aliphatic carbocycles. The van der Waals surface area contributed by atoms with Gasteiger partial charge in [0.1, 0.15) is 11.6 Å². The number of phenols is 1. The van der Waals surface area contributed by atoms with Gasteiger partial charge in [-0.25, -0.2) is 8.78 Å². The molecule has 158 valence electrons. The molecule has 10 heteroatoms. The fourth-order valence-electron chi connectivity index (χ4n) is 3.58. The number of carbonyl (C=O) groups excluding carboxylic acids is 1. The Hall–Kier alpha value is -3.51. The van der Waals surface area contributed by atoms with Gasteiger partial charge in [0.2, 0.25) is 5.82 Å². The predicted octanol–water partition coefficient (Wildman–Crippen LogP) is 4.62. The van der Waals surface area contributed by atoms with Crippen LogP contribution < -0.4 is 0 Å². The third kappa shape index (κ3) is 3.59. The summed E-state index contributed by atoms with van der Waals surface area (Å²) in [5, 5.41) is 23.1. The van der Waals surface area contributed by atoms with E-state index in [-0.39, 0.29) is 11.6 Å². The average Bonchev–Trinajstić information content (AvgIpc) is 3.42. The molecule has 1 fully saturated rings. The number of amides is 1. The summed E-state index contributed by atoms with van der Waals surface area (Å²) < 4.78 is 46.2. The van der Waals surface area contributed by atoms with Crippen LogP contribution >= 0.6 is 11.6 Å². The molecule has 0 radical (unpaired) electrons. The van der Waals surface area contributed by atoms with Crippen molar-refractivity contribution in [2.75, 3.05) is 13.1 Å². The summed E-state index contributed by atoms with van der Waals surface area (Å²) in [5.74, 6) is -7.56. The highest BCUT2D eigenvalue weighted by molar-refractivity contribution is 6.30. The summed E-state index contributed by atoms with van der Waals surface area (Å²) in [6, 6.07) is 9.37. The second kappa shape index (κ2) is 7.96. The molecule has 4 rings (SSSR count). The monoisotopic (exact) mass is 447 g/mol. The van der Waals surface area contributed by atoms with Crippen molar-refractivity contribution in [3.8, 4) is 23.1 Å². The van der Waals surface area contributed by atoms with E-state index in [1.54, 1.807) is 18.2 Å². The molecule has 1 saturated heterocycles. The fourth-order valence-corrected chi connectivity index (χ4v) is 3.71. The first-order valence-electron chi connectivity index (χ1n) is 9.13. The number of benzene rings is 2. The van der Waals surface area contributed by atoms with E-state index < -0.39 is 46.0 Å². The van der Waals surface area contributed by atoms with E-state index in [1.807, 2.05) is 12.1 Å². The highest BCUT2D eigenvalue weighted by atomic mass is 35.5. The number of nitriles is 1. The Morgan fingerprint density at radius 2 is 1.97 bits per heavy atom. The molecular weight excluding hydrogens is 435 g/mol. The lowest BCUT2D eigenvalue weighted by atomic mass is 9.99. The smallest absolute Gasteiger partial charge is 0.277 e. The summed E-state index contributed by atoms with van der Waals surface area (Å²) in [6.07, 6.45) is 0.672. The summed E-state index contributed by atoms with van der Waals surface area (Å²) in [5.41, 5.74) is -0.539. The zero-order chi connectivity index (χ0) is 22.3. The van der Waals surface area contributed by atoms with Crippen LogP contribution in [0.25, 0.3) is 11.3 Å². The van der Waals surface area contributed by atoms with Gasteiger partial charge in [-0.3, -0.25) is 4.79 Å². The maximum absolute atomic E-state index is 14.3. The molecule has 0 spiro atoms. The van der Waals surface area contributed by atoms with Crippen LogP contribution in [0.5, 0.6) is 5.75 Å². The largest absolute Gasteiger partial charge is 0.503 e. The van der Waals surface area contributed by atoms with Crippen molar-refractivity contribution in [1.29, 1.82) is 5.26 Å². The van der Waals surface area contributed by atoms with Crippen molar-refractivity contribution in [3.63, 3.8) is 0 Å². The van der Waals surface area contributed by atoms with E-state index in [2.05, 4.69) is 5.16 Å². The van der Waals surface area contributed by atoms with Crippen molar-refractivity contribution in [3.05, 3.63) is 69.6 Å². The molecule has 1 aliphatic rings. The van der Waals surface area contributed by atoms with Crippen LogP contribution in [0.4, 0.5) is 13.2 Å². The number of carbonyl (C=O) groups is 1. The number of nitrogens with zero attached hydrogens (tertiary/aromatic N) is 3. The van der Waals surface area contributed by atoms with Gasteiger partial charge in [0.25, 0.3) is 5.91 Å². The number of hydrogen-bond acceptors (Lipinski definition) is 5. The minimum Gasteiger partial charge on any atom is -0.503 e. The number of aromatic hydroxyl groups is 1. The van der Waals surface area contributed by atoms with Gasteiger partial charge in [0, 0.05) is 24.0 Å². The number of phenolic OH excluding ortho intramolecular Hbond substituents is 1. The Bertz CT molecular complexity index is 1220. The zero-order valence-electron chi connectivity index (χ0n) is 15.7. The van der Waals surface area contributed by atoms with Crippen LogP contribution in [0, 0.1) is 28.8 Å². The Kier molecular flexibility index (Phi) is 5.33. The Balaban J connectivity index is 1.63. The quantitative estimate of drug-likeness (QED) is 0.592. The number of halogens is 4. The first-order chi connectivity index (χ1) is 14.8. The number of aromatic nitrogens is 1. The highest BCUT2D eigenvalue weighted by Gasteiger charge is 2.34. The lowest BCUT2D eigenvalue weighted by Crippen LogP contribution is -2.29. The molecule has 1 aromatic heterocycles. The van der Waals surface area contributed by atoms with Gasteiger partial charge >= 0.3 is 0 Å². The minimum absolute atomic E-state index is 0.0544. The normalized spacial score (nSPS) is 15.8. The Morgan fingerprint density at radius 1 is 1.26 bits per heavy atom. The van der Waals surface area contributed by atoms with Crippen molar-refractivity contribution < 1.29 is 27.6 Å². The number of hydrogen-bond donors (Lipinski definition) is 1. The number of rotatable bonds is 3. The summed E-state index contributed by atoms with van der Waals surface area (Å²) in [6.45, 7) is 0.743. The molecule has 0 saturated carbocycles. The molecule has 1 N–H and O–H groups in total. The van der Waals surface area contributed by atoms with Crippen LogP contribution in [0.3, 0.4) is 0 Å². The first-order valence-corrected chi connectivity index (χ1v) is 9.51. The SMILES string of the molecule is N#Cc1c(C(=O)N2CC[C@@H](c3ccc(Cl)cc3)C2)noc1-c1cc(F)c(F)c(O)c1F. The molecule has 31 heavy (non-hydrogen) atoms. The maximum atomic E-state index is 14.3.